The summed E-state index contributed by atoms with van der Waals surface area (Å²) in [6, 6.07) is 0.0833. The van der Waals surface area contributed by atoms with Gasteiger partial charge in [0.05, 0.1) is 0 Å². The van der Waals surface area contributed by atoms with E-state index in [2.05, 4.69) is 24.4 Å². The Morgan fingerprint density at radius 3 is 1.96 bits per heavy atom. The highest BCUT2D eigenvalue weighted by atomic mass is 16.2. The van der Waals surface area contributed by atoms with Gasteiger partial charge in [-0.15, -0.1) is 0 Å². The Hall–Kier alpha value is -0.990. The molecular weight excluding hydrogens is 284 g/mol. The molecule has 0 aromatic rings. The average Bonchev–Trinajstić information content (AvgIpc) is 2.96. The molecule has 0 aromatic carbocycles. The van der Waals surface area contributed by atoms with E-state index in [1.165, 1.54) is 77.0 Å². The van der Waals surface area contributed by atoms with Crippen LogP contribution in [0.25, 0.3) is 0 Å². The van der Waals surface area contributed by atoms with E-state index in [1.54, 1.807) is 0 Å². The molecule has 1 aliphatic rings. The predicted molar refractivity (Wildman–Crippen MR) is 99.8 cm³/mol. The van der Waals surface area contributed by atoms with Crippen LogP contribution in [0.5, 0.6) is 0 Å². The molecule has 0 saturated carbocycles. The smallest absolute Gasteiger partial charge is 0.317 e. The maximum atomic E-state index is 11.3. The van der Waals surface area contributed by atoms with Gasteiger partial charge < -0.3 is 10.2 Å². The van der Waals surface area contributed by atoms with Crippen molar-refractivity contribution in [2.45, 2.75) is 90.4 Å². The molecule has 3 heteroatoms. The maximum absolute atomic E-state index is 11.3. The lowest BCUT2D eigenvalue weighted by atomic mass is 10.0. The van der Waals surface area contributed by atoms with Gasteiger partial charge in [0.15, 0.2) is 0 Å². The maximum Gasteiger partial charge on any atom is 0.317 e. The van der Waals surface area contributed by atoms with Gasteiger partial charge in [0.25, 0.3) is 0 Å². The van der Waals surface area contributed by atoms with Crippen LogP contribution >= 0.6 is 0 Å². The van der Waals surface area contributed by atoms with E-state index in [9.17, 15) is 4.79 Å². The molecule has 23 heavy (non-hydrogen) atoms. The van der Waals surface area contributed by atoms with Gasteiger partial charge in [-0.05, 0) is 12.8 Å². The van der Waals surface area contributed by atoms with Gasteiger partial charge in [-0.25, -0.2) is 4.79 Å². The van der Waals surface area contributed by atoms with Gasteiger partial charge >= 0.3 is 6.03 Å². The fourth-order valence-electron chi connectivity index (χ4n) is 3.11. The number of carbonyl (C=O) groups excluding carboxylic acids is 1. The number of allylic oxidation sites excluding steroid dienone is 1. The van der Waals surface area contributed by atoms with Gasteiger partial charge in [0, 0.05) is 19.6 Å². The van der Waals surface area contributed by atoms with Crippen molar-refractivity contribution in [1.29, 1.82) is 0 Å². The topological polar surface area (TPSA) is 32.3 Å². The molecule has 134 valence electrons. The van der Waals surface area contributed by atoms with Crippen molar-refractivity contribution in [3.63, 3.8) is 0 Å². The molecule has 1 rings (SSSR count). The zero-order valence-electron chi connectivity index (χ0n) is 15.3. The minimum Gasteiger partial charge on any atom is -0.336 e. The third-order valence-corrected chi connectivity index (χ3v) is 4.66. The van der Waals surface area contributed by atoms with Crippen molar-refractivity contribution in [3.05, 3.63) is 12.2 Å². The number of unbranched alkanes of at least 4 members (excludes halogenated alkanes) is 12. The number of amides is 2. The molecule has 0 aromatic heterocycles. The normalized spacial score (nSPS) is 14.8. The molecule has 2 amide bonds. The highest BCUT2D eigenvalue weighted by Gasteiger charge is 2.16. The number of nitrogens with one attached hydrogen (secondary N) is 1. The summed E-state index contributed by atoms with van der Waals surface area (Å²) in [5, 5.41) is 2.82. The Bertz CT molecular complexity index is 315. The van der Waals surface area contributed by atoms with Gasteiger partial charge in [-0.3, -0.25) is 0 Å². The summed E-state index contributed by atoms with van der Waals surface area (Å²) in [5.41, 5.74) is 0. The fraction of sp³-hybridized carbons (Fsp3) is 0.850. The zero-order valence-corrected chi connectivity index (χ0v) is 15.3. The summed E-state index contributed by atoms with van der Waals surface area (Å²) < 4.78 is 0. The van der Waals surface area contributed by atoms with E-state index in [1.807, 2.05) is 4.90 Å². The number of hydrogen-bond donors (Lipinski definition) is 1. The summed E-state index contributed by atoms with van der Waals surface area (Å²) in [6.07, 6.45) is 22.4. The molecule has 1 fully saturated rings. The second-order valence-electron chi connectivity index (χ2n) is 6.83. The van der Waals surface area contributed by atoms with Crippen LogP contribution in [-0.2, 0) is 0 Å². The summed E-state index contributed by atoms with van der Waals surface area (Å²) in [5.74, 6) is 0. The SMILES string of the molecule is CCCCCCCCCCCCCC/C=C/CN1CCNC1=O. The average molecular weight is 323 g/mol. The third-order valence-electron chi connectivity index (χ3n) is 4.66. The van der Waals surface area contributed by atoms with Gasteiger partial charge in [0.1, 0.15) is 0 Å². The standard InChI is InChI=1S/C20H38N2O/c1-2-3-4-5-6-7-8-9-10-11-12-13-14-15-16-18-22-19-17-21-20(22)23/h15-16H,2-14,17-19H2,1H3,(H,21,23)/b16-15+. The first-order valence-electron chi connectivity index (χ1n) is 10.0. The van der Waals surface area contributed by atoms with Crippen molar-refractivity contribution >= 4 is 6.03 Å². The second-order valence-corrected chi connectivity index (χ2v) is 6.83. The van der Waals surface area contributed by atoms with E-state index in [4.69, 9.17) is 0 Å². The molecule has 0 spiro atoms. The molecule has 3 nitrogen and oxygen atoms in total. The van der Waals surface area contributed by atoms with Crippen molar-refractivity contribution in [2.75, 3.05) is 19.6 Å². The summed E-state index contributed by atoms with van der Waals surface area (Å²) in [6.45, 7) is 4.69. The Morgan fingerprint density at radius 2 is 1.43 bits per heavy atom. The summed E-state index contributed by atoms with van der Waals surface area (Å²) in [4.78, 5) is 13.2. The quantitative estimate of drug-likeness (QED) is 0.306. The second kappa shape index (κ2) is 14.6. The molecule has 0 atom stereocenters. The third kappa shape index (κ3) is 11.2. The monoisotopic (exact) mass is 322 g/mol. The summed E-state index contributed by atoms with van der Waals surface area (Å²) in [7, 11) is 0. The van der Waals surface area contributed by atoms with Gasteiger partial charge in [-0.1, -0.05) is 89.7 Å². The van der Waals surface area contributed by atoms with E-state index in [0.717, 1.165) is 26.1 Å². The number of nitrogens with zero attached hydrogens (tertiary/aromatic N) is 1. The van der Waals surface area contributed by atoms with E-state index >= 15 is 0 Å². The minimum atomic E-state index is 0.0833. The number of rotatable bonds is 15. The van der Waals surface area contributed by atoms with Crippen LogP contribution in [0.3, 0.4) is 0 Å². The lowest BCUT2D eigenvalue weighted by Gasteiger charge is -2.09. The van der Waals surface area contributed by atoms with Gasteiger partial charge in [-0.2, -0.15) is 0 Å². The fourth-order valence-corrected chi connectivity index (χ4v) is 3.11. The number of urea groups is 1. The predicted octanol–water partition coefficient (Wildman–Crippen LogP) is 5.66. The Balaban J connectivity index is 1.75. The Kier molecular flexibility index (Phi) is 12.7. The first-order valence-corrected chi connectivity index (χ1v) is 10.0. The number of carbonyl (C=O) groups is 1. The molecule has 1 N–H and O–H groups in total. The van der Waals surface area contributed by atoms with Crippen LogP contribution in [0.15, 0.2) is 12.2 Å². The number of hydrogen-bond acceptors (Lipinski definition) is 1. The lowest BCUT2D eigenvalue weighted by Crippen LogP contribution is -2.28. The highest BCUT2D eigenvalue weighted by Crippen LogP contribution is 2.12. The molecule has 1 saturated heterocycles. The Morgan fingerprint density at radius 1 is 0.870 bits per heavy atom. The van der Waals surface area contributed by atoms with Crippen molar-refractivity contribution in [2.24, 2.45) is 0 Å². The van der Waals surface area contributed by atoms with Crippen LogP contribution in [0.4, 0.5) is 4.79 Å². The van der Waals surface area contributed by atoms with E-state index < -0.39 is 0 Å². The molecule has 0 radical (unpaired) electrons. The van der Waals surface area contributed by atoms with Crippen LogP contribution in [0, 0.1) is 0 Å². The highest BCUT2D eigenvalue weighted by molar-refractivity contribution is 5.76. The minimum absolute atomic E-state index is 0.0833. The molecule has 0 unspecified atom stereocenters. The largest absolute Gasteiger partial charge is 0.336 e. The summed E-state index contributed by atoms with van der Waals surface area (Å²) >= 11 is 0. The molecule has 1 aliphatic heterocycles. The van der Waals surface area contributed by atoms with Crippen molar-refractivity contribution < 1.29 is 4.79 Å². The van der Waals surface area contributed by atoms with Crippen LogP contribution in [0.1, 0.15) is 90.4 Å². The van der Waals surface area contributed by atoms with E-state index in [0.29, 0.717) is 0 Å². The van der Waals surface area contributed by atoms with Crippen molar-refractivity contribution in [3.8, 4) is 0 Å². The van der Waals surface area contributed by atoms with E-state index in [-0.39, 0.29) is 6.03 Å². The molecule has 0 bridgehead atoms. The first-order chi connectivity index (χ1) is 11.3. The lowest BCUT2D eigenvalue weighted by molar-refractivity contribution is 0.221. The molecule has 1 heterocycles. The van der Waals surface area contributed by atoms with Crippen molar-refractivity contribution in [1.82, 2.24) is 10.2 Å². The van der Waals surface area contributed by atoms with Crippen LogP contribution < -0.4 is 5.32 Å². The zero-order chi connectivity index (χ0) is 16.6. The van der Waals surface area contributed by atoms with Gasteiger partial charge in [0.2, 0.25) is 0 Å². The Labute approximate surface area is 143 Å². The first kappa shape index (κ1) is 20.1. The molecule has 0 aliphatic carbocycles. The molecular formula is C20H38N2O. The van der Waals surface area contributed by atoms with Crippen LogP contribution in [0.2, 0.25) is 0 Å². The van der Waals surface area contributed by atoms with Crippen LogP contribution in [-0.4, -0.2) is 30.6 Å².